The number of benzene rings is 11. The molecule has 1 aromatic heterocycles. The van der Waals surface area contributed by atoms with Gasteiger partial charge < -0.3 is 0 Å². The first-order valence-corrected chi connectivity index (χ1v) is 19.3. The van der Waals surface area contributed by atoms with Gasteiger partial charge in [-0.3, -0.25) is 4.98 Å². The molecular formula is C55H33N. The van der Waals surface area contributed by atoms with Crippen molar-refractivity contribution in [3.63, 3.8) is 0 Å². The van der Waals surface area contributed by atoms with E-state index in [0.717, 1.165) is 11.1 Å². The van der Waals surface area contributed by atoms with Crippen LogP contribution in [0.4, 0.5) is 0 Å². The third-order valence-electron chi connectivity index (χ3n) is 12.0. The van der Waals surface area contributed by atoms with Crippen LogP contribution in [0.3, 0.4) is 0 Å². The fraction of sp³-hybridized carbons (Fsp3) is 0. The minimum atomic E-state index is 1.10. The second kappa shape index (κ2) is 12.1. The predicted molar refractivity (Wildman–Crippen MR) is 239 cm³/mol. The van der Waals surface area contributed by atoms with E-state index in [1.165, 1.54) is 109 Å². The summed E-state index contributed by atoms with van der Waals surface area (Å²) in [7, 11) is 0. The Labute approximate surface area is 324 Å². The van der Waals surface area contributed by atoms with Gasteiger partial charge in [-0.1, -0.05) is 164 Å². The van der Waals surface area contributed by atoms with E-state index in [1.807, 2.05) is 18.5 Å². The number of aromatic nitrogens is 1. The van der Waals surface area contributed by atoms with E-state index < -0.39 is 0 Å². The van der Waals surface area contributed by atoms with Gasteiger partial charge in [-0.15, -0.1) is 0 Å². The molecular weight excluding hydrogens is 675 g/mol. The normalized spacial score (nSPS) is 11.9. The third kappa shape index (κ3) is 4.71. The monoisotopic (exact) mass is 707 g/mol. The van der Waals surface area contributed by atoms with Gasteiger partial charge in [0.15, 0.2) is 0 Å². The smallest absolute Gasteiger partial charge is 0.0346 e. The Hall–Kier alpha value is -7.35. The van der Waals surface area contributed by atoms with E-state index in [4.69, 9.17) is 0 Å². The summed E-state index contributed by atoms with van der Waals surface area (Å²) in [4.78, 5) is 4.56. The molecule has 0 saturated heterocycles. The first-order chi connectivity index (χ1) is 27.7. The van der Waals surface area contributed by atoms with Crippen molar-refractivity contribution in [2.45, 2.75) is 0 Å². The van der Waals surface area contributed by atoms with Gasteiger partial charge in [0.05, 0.1) is 0 Å². The Balaban J connectivity index is 0.987. The van der Waals surface area contributed by atoms with E-state index in [9.17, 15) is 0 Å². The quantitative estimate of drug-likeness (QED) is 0.162. The molecule has 0 bridgehead atoms. The Kier molecular flexibility index (Phi) is 6.70. The van der Waals surface area contributed by atoms with Crippen molar-refractivity contribution >= 4 is 64.6 Å². The van der Waals surface area contributed by atoms with Gasteiger partial charge in [-0.25, -0.2) is 0 Å². The van der Waals surface area contributed by atoms with Crippen LogP contribution in [0.1, 0.15) is 0 Å². The summed E-state index contributed by atoms with van der Waals surface area (Å²) in [6.45, 7) is 0. The lowest BCUT2D eigenvalue weighted by atomic mass is 9.87. The Morgan fingerprint density at radius 1 is 0.250 bits per heavy atom. The Bertz CT molecular complexity index is 3440. The third-order valence-corrected chi connectivity index (χ3v) is 12.0. The van der Waals surface area contributed by atoms with Crippen molar-refractivity contribution < 1.29 is 0 Å². The maximum Gasteiger partial charge on any atom is 0.0346 e. The highest BCUT2D eigenvalue weighted by Gasteiger charge is 2.16. The van der Waals surface area contributed by atoms with Crippen molar-refractivity contribution in [2.75, 3.05) is 0 Å². The molecule has 0 unspecified atom stereocenters. The minimum absolute atomic E-state index is 1.10. The van der Waals surface area contributed by atoms with Crippen LogP contribution < -0.4 is 0 Å². The van der Waals surface area contributed by atoms with Crippen LogP contribution in [0, 0.1) is 0 Å². The zero-order valence-electron chi connectivity index (χ0n) is 30.5. The molecule has 0 spiro atoms. The standard InChI is InChI=1S/C55H33N/c1-6-34-15-17-38-19-24-46(49-27-21-36(8-1)52(34)54(38)49)42-11-3-10-40(30-42)41-23-26-48(51(32-41)45-14-5-29-56-33-45)44-13-4-12-43(31-44)47-25-20-39-18-16-35-7-2-9-37-22-28-50(47)55(39)53(35)37/h1-33H. The molecule has 0 aliphatic carbocycles. The zero-order valence-corrected chi connectivity index (χ0v) is 30.5. The molecule has 258 valence electrons. The number of rotatable bonds is 5. The highest BCUT2D eigenvalue weighted by molar-refractivity contribution is 6.26. The molecule has 12 aromatic rings. The predicted octanol–water partition coefficient (Wildman–Crippen LogP) is 15.2. The fourth-order valence-corrected chi connectivity index (χ4v) is 9.43. The molecule has 11 aromatic carbocycles. The summed E-state index contributed by atoms with van der Waals surface area (Å²) in [5, 5.41) is 15.7. The Morgan fingerprint density at radius 3 is 1.21 bits per heavy atom. The molecule has 0 radical (unpaired) electrons. The van der Waals surface area contributed by atoms with Crippen molar-refractivity contribution in [3.05, 3.63) is 200 Å². The van der Waals surface area contributed by atoms with Crippen LogP contribution in [0.25, 0.3) is 120 Å². The Morgan fingerprint density at radius 2 is 0.661 bits per heavy atom. The topological polar surface area (TPSA) is 12.9 Å². The fourth-order valence-electron chi connectivity index (χ4n) is 9.43. The van der Waals surface area contributed by atoms with E-state index in [2.05, 4.69) is 187 Å². The highest BCUT2D eigenvalue weighted by Crippen LogP contribution is 2.43. The maximum absolute atomic E-state index is 4.56. The summed E-state index contributed by atoms with van der Waals surface area (Å²) < 4.78 is 0. The second-order valence-electron chi connectivity index (χ2n) is 15.1. The van der Waals surface area contributed by atoms with Crippen molar-refractivity contribution in [1.29, 1.82) is 0 Å². The van der Waals surface area contributed by atoms with Gasteiger partial charge in [0.25, 0.3) is 0 Å². The summed E-state index contributed by atoms with van der Waals surface area (Å²) in [5.41, 5.74) is 11.9. The molecule has 0 amide bonds. The molecule has 0 aliphatic heterocycles. The van der Waals surface area contributed by atoms with Crippen molar-refractivity contribution in [2.24, 2.45) is 0 Å². The molecule has 0 fully saturated rings. The van der Waals surface area contributed by atoms with Gasteiger partial charge in [-0.05, 0) is 139 Å². The van der Waals surface area contributed by atoms with Crippen LogP contribution in [-0.2, 0) is 0 Å². The van der Waals surface area contributed by atoms with E-state index in [1.54, 1.807) is 0 Å². The molecule has 12 rings (SSSR count). The molecule has 56 heavy (non-hydrogen) atoms. The first kappa shape index (κ1) is 31.0. The van der Waals surface area contributed by atoms with E-state index in [-0.39, 0.29) is 0 Å². The summed E-state index contributed by atoms with van der Waals surface area (Å²) >= 11 is 0. The largest absolute Gasteiger partial charge is 0.264 e. The lowest BCUT2D eigenvalue weighted by molar-refractivity contribution is 1.33. The average molecular weight is 708 g/mol. The maximum atomic E-state index is 4.56. The molecule has 1 heteroatoms. The number of hydrogen-bond acceptors (Lipinski definition) is 1. The highest BCUT2D eigenvalue weighted by atomic mass is 14.6. The average Bonchev–Trinajstić information content (AvgIpc) is 3.27. The number of nitrogens with zero attached hydrogens (tertiary/aromatic N) is 1. The first-order valence-electron chi connectivity index (χ1n) is 19.3. The molecule has 0 saturated carbocycles. The number of pyridine rings is 1. The van der Waals surface area contributed by atoms with Crippen LogP contribution in [-0.4, -0.2) is 4.98 Å². The van der Waals surface area contributed by atoms with E-state index in [0.29, 0.717) is 0 Å². The molecule has 0 aliphatic rings. The van der Waals surface area contributed by atoms with Crippen molar-refractivity contribution in [1.82, 2.24) is 4.98 Å². The van der Waals surface area contributed by atoms with Gasteiger partial charge in [0.1, 0.15) is 0 Å². The van der Waals surface area contributed by atoms with Crippen molar-refractivity contribution in [3.8, 4) is 55.6 Å². The minimum Gasteiger partial charge on any atom is -0.264 e. The lowest BCUT2D eigenvalue weighted by Gasteiger charge is -2.17. The second-order valence-corrected chi connectivity index (χ2v) is 15.1. The van der Waals surface area contributed by atoms with Crippen LogP contribution in [0.5, 0.6) is 0 Å². The number of hydrogen-bond donors (Lipinski definition) is 0. The molecule has 1 heterocycles. The summed E-state index contributed by atoms with van der Waals surface area (Å²) in [6, 6.07) is 69.7. The van der Waals surface area contributed by atoms with Gasteiger partial charge in [0, 0.05) is 18.0 Å². The summed E-state index contributed by atoms with van der Waals surface area (Å²) in [5.74, 6) is 0. The summed E-state index contributed by atoms with van der Waals surface area (Å²) in [6.07, 6.45) is 3.83. The molecule has 0 N–H and O–H groups in total. The van der Waals surface area contributed by atoms with Crippen LogP contribution in [0.2, 0.25) is 0 Å². The van der Waals surface area contributed by atoms with Crippen LogP contribution >= 0.6 is 0 Å². The van der Waals surface area contributed by atoms with Crippen LogP contribution in [0.15, 0.2) is 200 Å². The SMILES string of the molecule is c1cncc(-c2cc(-c3cccc(-c4ccc5ccc6cccc7ccc4c5c67)c3)ccc2-c2cccc(-c3ccc4ccc5cccc6ccc3c4c56)c2)c1. The lowest BCUT2D eigenvalue weighted by Crippen LogP contribution is -1.91. The van der Waals surface area contributed by atoms with E-state index >= 15 is 0 Å². The molecule has 1 nitrogen and oxygen atoms in total. The molecule has 0 atom stereocenters. The van der Waals surface area contributed by atoms with Gasteiger partial charge in [-0.2, -0.15) is 0 Å². The van der Waals surface area contributed by atoms with Gasteiger partial charge in [0.2, 0.25) is 0 Å². The zero-order chi connectivity index (χ0) is 36.7. The van der Waals surface area contributed by atoms with Gasteiger partial charge >= 0.3 is 0 Å².